The Morgan fingerprint density at radius 1 is 1.33 bits per heavy atom. The van der Waals surface area contributed by atoms with Crippen molar-refractivity contribution in [1.29, 1.82) is 0 Å². The average Bonchev–Trinajstić information content (AvgIpc) is 3.34. The number of benzene rings is 1. The lowest BCUT2D eigenvalue weighted by molar-refractivity contribution is 0.300. The van der Waals surface area contributed by atoms with Crippen LogP contribution in [0.1, 0.15) is 18.4 Å². The van der Waals surface area contributed by atoms with E-state index in [0.717, 1.165) is 5.56 Å². The SMILES string of the molecule is Cc1cc(-c2cc(OS(=O)[O-])ccc2OCC2CC2)cn(C)c1=O. The van der Waals surface area contributed by atoms with Crippen molar-refractivity contribution in [3.63, 3.8) is 0 Å². The number of nitrogens with zero attached hydrogens (tertiary/aromatic N) is 1. The van der Waals surface area contributed by atoms with Gasteiger partial charge >= 0.3 is 0 Å². The molecule has 1 aromatic heterocycles. The second-order valence-electron chi connectivity index (χ2n) is 6.03. The summed E-state index contributed by atoms with van der Waals surface area (Å²) < 4.78 is 33.7. The first-order valence-corrected chi connectivity index (χ1v) is 8.66. The molecule has 1 fully saturated rings. The minimum atomic E-state index is -2.65. The van der Waals surface area contributed by atoms with E-state index < -0.39 is 11.4 Å². The topological polar surface area (TPSA) is 80.6 Å². The summed E-state index contributed by atoms with van der Waals surface area (Å²) in [5.74, 6) is 1.43. The van der Waals surface area contributed by atoms with Crippen LogP contribution < -0.4 is 14.5 Å². The molecule has 7 heteroatoms. The highest BCUT2D eigenvalue weighted by Crippen LogP contribution is 2.36. The summed E-state index contributed by atoms with van der Waals surface area (Å²) in [6, 6.07) is 6.62. The van der Waals surface area contributed by atoms with Crippen molar-refractivity contribution >= 4 is 11.4 Å². The van der Waals surface area contributed by atoms with Crippen LogP contribution >= 0.6 is 0 Å². The maximum atomic E-state index is 11.9. The van der Waals surface area contributed by atoms with Gasteiger partial charge in [0.2, 0.25) is 0 Å². The van der Waals surface area contributed by atoms with E-state index in [9.17, 15) is 13.6 Å². The highest BCUT2D eigenvalue weighted by Gasteiger charge is 2.22. The van der Waals surface area contributed by atoms with Crippen molar-refractivity contribution in [2.24, 2.45) is 13.0 Å². The third-order valence-corrected chi connectivity index (χ3v) is 4.29. The van der Waals surface area contributed by atoms with Gasteiger partial charge in [-0.2, -0.15) is 0 Å². The van der Waals surface area contributed by atoms with E-state index in [-0.39, 0.29) is 11.3 Å². The van der Waals surface area contributed by atoms with Gasteiger partial charge in [0, 0.05) is 29.9 Å². The summed E-state index contributed by atoms with van der Waals surface area (Å²) in [6.45, 7) is 2.37. The lowest BCUT2D eigenvalue weighted by Crippen LogP contribution is -2.18. The molecular weight excluding hydrogens is 330 g/mol. The molecule has 0 N–H and O–H groups in total. The zero-order valence-electron chi connectivity index (χ0n) is 13.5. The molecule has 0 bridgehead atoms. The van der Waals surface area contributed by atoms with Crippen molar-refractivity contribution < 1.29 is 17.7 Å². The van der Waals surface area contributed by atoms with E-state index in [1.54, 1.807) is 44.4 Å². The first-order valence-electron chi connectivity index (χ1n) is 7.66. The quantitative estimate of drug-likeness (QED) is 0.749. The number of aryl methyl sites for hydroxylation is 2. The molecule has 24 heavy (non-hydrogen) atoms. The number of hydrogen-bond acceptors (Lipinski definition) is 5. The number of rotatable bonds is 6. The number of ether oxygens (including phenoxy) is 1. The van der Waals surface area contributed by atoms with Gasteiger partial charge in [-0.1, -0.05) is 0 Å². The van der Waals surface area contributed by atoms with Crippen LogP contribution in [-0.4, -0.2) is 19.9 Å². The molecule has 0 amide bonds. The van der Waals surface area contributed by atoms with Gasteiger partial charge in [-0.3, -0.25) is 4.79 Å². The fourth-order valence-electron chi connectivity index (χ4n) is 2.51. The molecule has 0 saturated heterocycles. The van der Waals surface area contributed by atoms with Gasteiger partial charge in [-0.15, -0.1) is 0 Å². The van der Waals surface area contributed by atoms with Crippen molar-refractivity contribution in [3.8, 4) is 22.6 Å². The van der Waals surface area contributed by atoms with Gasteiger partial charge in [-0.05, 0) is 49.9 Å². The zero-order chi connectivity index (χ0) is 17.3. The number of hydrogen-bond donors (Lipinski definition) is 0. The maximum Gasteiger partial charge on any atom is 0.253 e. The highest BCUT2D eigenvalue weighted by atomic mass is 32.2. The van der Waals surface area contributed by atoms with Gasteiger partial charge in [0.05, 0.1) is 6.61 Å². The third kappa shape index (κ3) is 3.85. The van der Waals surface area contributed by atoms with Crippen molar-refractivity contribution in [2.45, 2.75) is 19.8 Å². The van der Waals surface area contributed by atoms with Gasteiger partial charge < -0.3 is 18.0 Å². The maximum absolute atomic E-state index is 11.9. The molecule has 1 aliphatic rings. The average molecular weight is 348 g/mol. The molecule has 2 aromatic rings. The Bertz CT molecular complexity index is 815. The van der Waals surface area contributed by atoms with Crippen molar-refractivity contribution in [2.75, 3.05) is 6.61 Å². The van der Waals surface area contributed by atoms with Crippen LogP contribution in [0.25, 0.3) is 11.1 Å². The first kappa shape index (κ1) is 16.7. The van der Waals surface area contributed by atoms with Crippen LogP contribution in [0, 0.1) is 12.8 Å². The van der Waals surface area contributed by atoms with Crippen molar-refractivity contribution in [1.82, 2.24) is 4.57 Å². The van der Waals surface area contributed by atoms with E-state index in [0.29, 0.717) is 29.4 Å². The van der Waals surface area contributed by atoms with Crippen LogP contribution in [0.4, 0.5) is 0 Å². The van der Waals surface area contributed by atoms with Crippen LogP contribution in [0.15, 0.2) is 35.3 Å². The van der Waals surface area contributed by atoms with Gasteiger partial charge in [0.15, 0.2) is 0 Å². The molecule has 1 atom stereocenters. The van der Waals surface area contributed by atoms with Crippen LogP contribution in [0.3, 0.4) is 0 Å². The van der Waals surface area contributed by atoms with Crippen molar-refractivity contribution in [3.05, 3.63) is 46.4 Å². The number of pyridine rings is 1. The normalized spacial score (nSPS) is 15.1. The standard InChI is InChI=1S/C17H19NO5S/c1-11-7-13(9-18(2)17(11)19)15-8-14(23-24(20)21)5-6-16(15)22-10-12-3-4-12/h5-9,12H,3-4,10H2,1-2H3,(H,20,21)/p-1. The molecular formula is C17H18NO5S-. The summed E-state index contributed by atoms with van der Waals surface area (Å²) in [5, 5.41) is 0. The molecule has 1 heterocycles. The molecule has 0 spiro atoms. The third-order valence-electron chi connectivity index (χ3n) is 3.96. The monoisotopic (exact) mass is 348 g/mol. The lowest BCUT2D eigenvalue weighted by Gasteiger charge is -2.15. The molecule has 6 nitrogen and oxygen atoms in total. The number of aromatic nitrogens is 1. The first-order chi connectivity index (χ1) is 11.4. The minimum absolute atomic E-state index is 0.0766. The summed E-state index contributed by atoms with van der Waals surface area (Å²) in [4.78, 5) is 11.9. The Hall–Kier alpha value is -2.12. The van der Waals surface area contributed by atoms with E-state index >= 15 is 0 Å². The Morgan fingerprint density at radius 3 is 2.71 bits per heavy atom. The Balaban J connectivity index is 2.03. The Kier molecular flexibility index (Phi) is 4.73. The molecule has 1 aliphatic carbocycles. The Morgan fingerprint density at radius 2 is 2.08 bits per heavy atom. The predicted molar refractivity (Wildman–Crippen MR) is 89.6 cm³/mol. The van der Waals surface area contributed by atoms with E-state index in [4.69, 9.17) is 8.92 Å². The molecule has 1 aromatic carbocycles. The fourth-order valence-corrected chi connectivity index (χ4v) is 2.77. The highest BCUT2D eigenvalue weighted by molar-refractivity contribution is 7.74. The summed E-state index contributed by atoms with van der Waals surface area (Å²) in [5.41, 5.74) is 1.98. The van der Waals surface area contributed by atoms with Crippen LogP contribution in [0.2, 0.25) is 0 Å². The Labute approximate surface area is 142 Å². The molecule has 0 aliphatic heterocycles. The summed E-state index contributed by atoms with van der Waals surface area (Å²) >= 11 is -2.65. The van der Waals surface area contributed by atoms with Crippen LogP contribution in [0.5, 0.6) is 11.5 Å². The summed E-state index contributed by atoms with van der Waals surface area (Å²) in [6.07, 6.45) is 4.04. The molecule has 1 saturated carbocycles. The molecule has 0 radical (unpaired) electrons. The summed E-state index contributed by atoms with van der Waals surface area (Å²) in [7, 11) is 1.68. The second-order valence-corrected chi connectivity index (χ2v) is 6.60. The fraction of sp³-hybridized carbons (Fsp3) is 0.353. The molecule has 1 unspecified atom stereocenters. The predicted octanol–water partition coefficient (Wildman–Crippen LogP) is 2.32. The lowest BCUT2D eigenvalue weighted by atomic mass is 10.0. The van der Waals surface area contributed by atoms with Gasteiger partial charge in [-0.25, -0.2) is 4.21 Å². The smallest absolute Gasteiger partial charge is 0.253 e. The zero-order valence-corrected chi connectivity index (χ0v) is 14.3. The van der Waals surface area contributed by atoms with Crippen LogP contribution in [-0.2, 0) is 18.4 Å². The minimum Gasteiger partial charge on any atom is -0.740 e. The second kappa shape index (κ2) is 6.78. The van der Waals surface area contributed by atoms with E-state index in [2.05, 4.69) is 0 Å². The van der Waals surface area contributed by atoms with E-state index in [1.807, 2.05) is 0 Å². The largest absolute Gasteiger partial charge is 0.740 e. The van der Waals surface area contributed by atoms with E-state index in [1.165, 1.54) is 17.4 Å². The molecule has 3 rings (SSSR count). The molecule has 128 valence electrons. The van der Waals surface area contributed by atoms with Gasteiger partial charge in [0.25, 0.3) is 5.56 Å². The van der Waals surface area contributed by atoms with Gasteiger partial charge in [0.1, 0.15) is 22.9 Å².